The maximum Gasteiger partial charge on any atom is 0.254 e. The van der Waals surface area contributed by atoms with Crippen molar-refractivity contribution in [2.75, 3.05) is 41.8 Å². The third-order valence-electron chi connectivity index (χ3n) is 5.30. The number of ether oxygens (including phenoxy) is 1. The van der Waals surface area contributed by atoms with E-state index in [1.807, 2.05) is 19.1 Å². The maximum atomic E-state index is 11.7. The standard InChI is InChI=1S/C21H29N7O2/c1-3-30-18-10-15(6-7-17(18)28-9-8-23-11-13(28)2)26-21-24-12-16(19(22)29)20(27-21)25-14-4-5-14/h6-7,10,12-14,23H,3-5,8-9,11H2,1-2H3,(H2,22,29)(H2,24,25,26,27)/t13-/m0/s1. The van der Waals surface area contributed by atoms with Crippen LogP contribution in [0.1, 0.15) is 37.0 Å². The molecule has 1 aromatic heterocycles. The molecule has 1 amide bonds. The molecule has 0 bridgehead atoms. The van der Waals surface area contributed by atoms with E-state index in [-0.39, 0.29) is 0 Å². The van der Waals surface area contributed by atoms with Crippen LogP contribution in [0.2, 0.25) is 0 Å². The van der Waals surface area contributed by atoms with E-state index in [0.29, 0.717) is 36.0 Å². The number of benzene rings is 1. The molecule has 0 unspecified atom stereocenters. The predicted molar refractivity (Wildman–Crippen MR) is 118 cm³/mol. The lowest BCUT2D eigenvalue weighted by Gasteiger charge is -2.36. The summed E-state index contributed by atoms with van der Waals surface area (Å²) in [5, 5.41) is 9.89. The van der Waals surface area contributed by atoms with Gasteiger partial charge in [0.1, 0.15) is 11.6 Å². The molecule has 0 radical (unpaired) electrons. The van der Waals surface area contributed by atoms with Crippen molar-refractivity contribution in [3.63, 3.8) is 0 Å². The molecule has 1 saturated carbocycles. The molecule has 2 aliphatic rings. The molecule has 1 saturated heterocycles. The summed E-state index contributed by atoms with van der Waals surface area (Å²) in [5.74, 6) is 1.15. The Kier molecular flexibility index (Phi) is 5.89. The molecule has 2 fully saturated rings. The molecular formula is C21H29N7O2. The molecule has 0 spiro atoms. The van der Waals surface area contributed by atoms with E-state index in [1.165, 1.54) is 6.20 Å². The topological polar surface area (TPSA) is 117 Å². The number of primary amides is 1. The fourth-order valence-corrected chi connectivity index (χ4v) is 3.58. The number of hydrogen-bond donors (Lipinski definition) is 4. The highest BCUT2D eigenvalue weighted by atomic mass is 16.5. The van der Waals surface area contributed by atoms with Crippen LogP contribution in [-0.2, 0) is 0 Å². The highest BCUT2D eigenvalue weighted by Crippen LogP contribution is 2.34. The number of aromatic nitrogens is 2. The molecule has 2 aromatic rings. The van der Waals surface area contributed by atoms with Gasteiger partial charge in [0.05, 0.1) is 17.9 Å². The van der Waals surface area contributed by atoms with Crippen LogP contribution in [0.4, 0.5) is 23.1 Å². The molecule has 5 N–H and O–H groups in total. The Morgan fingerprint density at radius 3 is 2.93 bits per heavy atom. The van der Waals surface area contributed by atoms with Gasteiger partial charge in [0.15, 0.2) is 0 Å². The number of nitrogens with one attached hydrogen (secondary N) is 3. The van der Waals surface area contributed by atoms with E-state index in [2.05, 4.69) is 43.8 Å². The minimum Gasteiger partial charge on any atom is -0.492 e. The van der Waals surface area contributed by atoms with Crippen LogP contribution in [0.25, 0.3) is 0 Å². The first-order valence-electron chi connectivity index (χ1n) is 10.5. The molecule has 160 valence electrons. The number of amides is 1. The van der Waals surface area contributed by atoms with E-state index < -0.39 is 5.91 Å². The normalized spacial score (nSPS) is 18.7. The smallest absolute Gasteiger partial charge is 0.254 e. The minimum atomic E-state index is -0.544. The Labute approximate surface area is 176 Å². The number of piperazine rings is 1. The highest BCUT2D eigenvalue weighted by molar-refractivity contribution is 5.97. The van der Waals surface area contributed by atoms with Gasteiger partial charge in [-0.05, 0) is 38.8 Å². The quantitative estimate of drug-likeness (QED) is 0.522. The van der Waals surface area contributed by atoms with E-state index in [1.54, 1.807) is 0 Å². The summed E-state index contributed by atoms with van der Waals surface area (Å²) >= 11 is 0. The van der Waals surface area contributed by atoms with E-state index in [9.17, 15) is 4.79 Å². The van der Waals surface area contributed by atoms with Crippen molar-refractivity contribution in [3.8, 4) is 5.75 Å². The minimum absolute atomic E-state index is 0.297. The van der Waals surface area contributed by atoms with Gasteiger partial charge >= 0.3 is 0 Å². The number of nitrogens with zero attached hydrogens (tertiary/aromatic N) is 3. The first kappa shape index (κ1) is 20.2. The Balaban J connectivity index is 1.58. The van der Waals surface area contributed by atoms with Crippen molar-refractivity contribution in [3.05, 3.63) is 30.0 Å². The van der Waals surface area contributed by atoms with Crippen molar-refractivity contribution in [2.45, 2.75) is 38.8 Å². The Morgan fingerprint density at radius 2 is 2.23 bits per heavy atom. The molecule has 1 aliphatic carbocycles. The summed E-state index contributed by atoms with van der Waals surface area (Å²) in [4.78, 5) is 22.8. The van der Waals surface area contributed by atoms with Gasteiger partial charge in [-0.3, -0.25) is 4.79 Å². The summed E-state index contributed by atoms with van der Waals surface area (Å²) in [6.45, 7) is 7.59. The first-order chi connectivity index (χ1) is 14.5. The molecule has 1 aliphatic heterocycles. The van der Waals surface area contributed by atoms with Crippen molar-refractivity contribution in [1.29, 1.82) is 0 Å². The largest absolute Gasteiger partial charge is 0.492 e. The third-order valence-corrected chi connectivity index (χ3v) is 5.30. The second kappa shape index (κ2) is 8.74. The maximum absolute atomic E-state index is 11.7. The molecule has 4 rings (SSSR count). The summed E-state index contributed by atoms with van der Waals surface area (Å²) < 4.78 is 5.94. The number of rotatable bonds is 8. The number of carbonyl (C=O) groups is 1. The number of hydrogen-bond acceptors (Lipinski definition) is 8. The lowest BCUT2D eigenvalue weighted by molar-refractivity contribution is 0.100. The molecule has 9 heteroatoms. The zero-order chi connectivity index (χ0) is 21.1. The van der Waals surface area contributed by atoms with Gasteiger partial charge in [0.2, 0.25) is 5.95 Å². The average Bonchev–Trinajstić information content (AvgIpc) is 3.53. The molecule has 9 nitrogen and oxygen atoms in total. The van der Waals surface area contributed by atoms with Crippen molar-refractivity contribution < 1.29 is 9.53 Å². The number of anilines is 4. The zero-order valence-electron chi connectivity index (χ0n) is 17.4. The van der Waals surface area contributed by atoms with E-state index in [4.69, 9.17) is 10.5 Å². The Hall–Kier alpha value is -3.07. The SMILES string of the molecule is CCOc1cc(Nc2ncc(C(N)=O)c(NC3CC3)n2)ccc1N1CCNC[C@@H]1C. The second-order valence-corrected chi connectivity index (χ2v) is 7.73. The van der Waals surface area contributed by atoms with Gasteiger partial charge in [-0.2, -0.15) is 4.98 Å². The molecule has 1 atom stereocenters. The first-order valence-corrected chi connectivity index (χ1v) is 10.5. The second-order valence-electron chi connectivity index (χ2n) is 7.73. The van der Waals surface area contributed by atoms with Crippen LogP contribution in [0.5, 0.6) is 5.75 Å². The van der Waals surface area contributed by atoms with Crippen molar-refractivity contribution in [2.24, 2.45) is 5.73 Å². The van der Waals surface area contributed by atoms with Crippen LogP contribution in [0.15, 0.2) is 24.4 Å². The predicted octanol–water partition coefficient (Wildman–Crippen LogP) is 2.09. The Morgan fingerprint density at radius 1 is 1.40 bits per heavy atom. The Bertz CT molecular complexity index is 916. The van der Waals surface area contributed by atoms with Crippen molar-refractivity contribution >= 4 is 29.0 Å². The van der Waals surface area contributed by atoms with Gasteiger partial charge in [0.25, 0.3) is 5.91 Å². The van der Waals surface area contributed by atoms with Gasteiger partial charge < -0.3 is 31.3 Å². The van der Waals surface area contributed by atoms with Gasteiger partial charge in [-0.1, -0.05) is 0 Å². The van der Waals surface area contributed by atoms with Crippen molar-refractivity contribution in [1.82, 2.24) is 15.3 Å². The molecule has 1 aromatic carbocycles. The fourth-order valence-electron chi connectivity index (χ4n) is 3.58. The van der Waals surface area contributed by atoms with Crippen LogP contribution < -0.4 is 31.3 Å². The lowest BCUT2D eigenvalue weighted by atomic mass is 10.1. The summed E-state index contributed by atoms with van der Waals surface area (Å²) in [6, 6.07) is 6.75. The van der Waals surface area contributed by atoms with E-state index in [0.717, 1.165) is 49.6 Å². The molecular weight excluding hydrogens is 382 g/mol. The van der Waals surface area contributed by atoms with Crippen LogP contribution in [0.3, 0.4) is 0 Å². The number of nitrogens with two attached hydrogens (primary N) is 1. The zero-order valence-corrected chi connectivity index (χ0v) is 17.4. The highest BCUT2D eigenvalue weighted by Gasteiger charge is 2.25. The van der Waals surface area contributed by atoms with Gasteiger partial charge in [-0.15, -0.1) is 0 Å². The van der Waals surface area contributed by atoms with E-state index >= 15 is 0 Å². The summed E-state index contributed by atoms with van der Waals surface area (Å²) in [6.07, 6.45) is 3.59. The van der Waals surface area contributed by atoms with Crippen LogP contribution in [-0.4, -0.2) is 54.2 Å². The van der Waals surface area contributed by atoms with Gasteiger partial charge in [0, 0.05) is 49.7 Å². The average molecular weight is 412 g/mol. The fraction of sp³-hybridized carbons (Fsp3) is 0.476. The summed E-state index contributed by atoms with van der Waals surface area (Å²) in [5.41, 5.74) is 7.65. The third kappa shape index (κ3) is 4.56. The summed E-state index contributed by atoms with van der Waals surface area (Å²) in [7, 11) is 0. The van der Waals surface area contributed by atoms with Crippen LogP contribution >= 0.6 is 0 Å². The number of carbonyl (C=O) groups excluding carboxylic acids is 1. The van der Waals surface area contributed by atoms with Gasteiger partial charge in [-0.25, -0.2) is 4.98 Å². The van der Waals surface area contributed by atoms with Crippen LogP contribution in [0, 0.1) is 0 Å². The molecule has 2 heterocycles. The monoisotopic (exact) mass is 411 g/mol. The lowest BCUT2D eigenvalue weighted by Crippen LogP contribution is -2.50. The molecule has 30 heavy (non-hydrogen) atoms.